The number of carbonyl (C=O) groups excluding carboxylic acids is 1. The van der Waals surface area contributed by atoms with Crippen LogP contribution in [0.1, 0.15) is 21.6 Å². The first-order chi connectivity index (χ1) is 17.8. The van der Waals surface area contributed by atoms with Gasteiger partial charge in [-0.15, -0.1) is 0 Å². The van der Waals surface area contributed by atoms with Gasteiger partial charge in [-0.3, -0.25) is 18.6 Å². The van der Waals surface area contributed by atoms with Gasteiger partial charge in [0.1, 0.15) is 11.5 Å². The Balaban J connectivity index is 1.52. The van der Waals surface area contributed by atoms with Crippen LogP contribution in [0.3, 0.4) is 0 Å². The number of aryl methyl sites for hydroxylation is 2. The Bertz CT molecular complexity index is 1550. The van der Waals surface area contributed by atoms with Crippen LogP contribution >= 0.6 is 11.6 Å². The maximum atomic E-state index is 13.4. The Morgan fingerprint density at radius 3 is 2.70 bits per heavy atom. The molecule has 37 heavy (non-hydrogen) atoms. The number of fused-ring (bicyclic) bond motifs is 3. The van der Waals surface area contributed by atoms with Crippen LogP contribution in [0.5, 0.6) is 0 Å². The number of pyridine rings is 1. The molecule has 1 N–H and O–H groups in total. The van der Waals surface area contributed by atoms with Gasteiger partial charge >= 0.3 is 0 Å². The third-order valence-corrected chi connectivity index (χ3v) is 6.85. The number of hydrogen-bond acceptors (Lipinski definition) is 7. The molecule has 1 amide bonds. The molecule has 1 saturated heterocycles. The molecule has 1 aliphatic heterocycles. The molecule has 0 spiro atoms. The van der Waals surface area contributed by atoms with Gasteiger partial charge in [0.05, 0.1) is 29.8 Å². The van der Waals surface area contributed by atoms with Crippen LogP contribution in [0.25, 0.3) is 16.6 Å². The fraction of sp³-hybridized carbons (Fsp3) is 0.385. The van der Waals surface area contributed by atoms with Gasteiger partial charge in [0.2, 0.25) is 0 Å². The van der Waals surface area contributed by atoms with E-state index in [1.165, 1.54) is 9.47 Å². The number of carbonyl (C=O) groups is 1. The molecule has 0 radical (unpaired) electrons. The number of nitrogens with zero attached hydrogens (tertiary/aromatic N) is 6. The van der Waals surface area contributed by atoms with Gasteiger partial charge in [0, 0.05) is 40.8 Å². The maximum Gasteiger partial charge on any atom is 0.275 e. The van der Waals surface area contributed by atoms with Crippen LogP contribution in [0, 0.1) is 6.92 Å². The van der Waals surface area contributed by atoms with Gasteiger partial charge in [-0.1, -0.05) is 17.7 Å². The topological polar surface area (TPSA) is 97.0 Å². The second-order valence-electron chi connectivity index (χ2n) is 9.45. The molecule has 1 fully saturated rings. The second kappa shape index (κ2) is 10.0. The predicted molar refractivity (Wildman–Crippen MR) is 145 cm³/mol. The summed E-state index contributed by atoms with van der Waals surface area (Å²) in [4.78, 5) is 38.7. The molecular weight excluding hydrogens is 494 g/mol. The fourth-order valence-corrected chi connectivity index (χ4v) is 5.01. The Morgan fingerprint density at radius 1 is 1.22 bits per heavy atom. The maximum absolute atomic E-state index is 13.4. The minimum absolute atomic E-state index is 0.162. The Labute approximate surface area is 219 Å². The van der Waals surface area contributed by atoms with E-state index in [9.17, 15) is 9.59 Å². The van der Waals surface area contributed by atoms with Crippen molar-refractivity contribution in [2.45, 2.75) is 13.3 Å². The summed E-state index contributed by atoms with van der Waals surface area (Å²) in [5, 5.41) is 4.54. The SMILES string of the molecule is Cc1cc(CCNc2ccc(Cl)nc2N2CCOCC2)c2c(c1)c(=O)n(C)c1c(C(=O)N(C)C)ncn21. The van der Waals surface area contributed by atoms with Crippen LogP contribution < -0.4 is 15.8 Å². The van der Waals surface area contributed by atoms with Gasteiger partial charge in [0.25, 0.3) is 11.5 Å². The van der Waals surface area contributed by atoms with Crippen LogP contribution in [0.4, 0.5) is 11.5 Å². The average molecular weight is 524 g/mol. The second-order valence-corrected chi connectivity index (χ2v) is 9.84. The van der Waals surface area contributed by atoms with E-state index in [-0.39, 0.29) is 17.2 Å². The lowest BCUT2D eigenvalue weighted by molar-refractivity contribution is 0.0824. The first-order valence-electron chi connectivity index (χ1n) is 12.2. The number of rotatable bonds is 6. The third-order valence-electron chi connectivity index (χ3n) is 6.64. The average Bonchev–Trinajstić information content (AvgIpc) is 3.32. The van der Waals surface area contributed by atoms with E-state index in [0.29, 0.717) is 42.4 Å². The summed E-state index contributed by atoms with van der Waals surface area (Å²) >= 11 is 6.21. The van der Waals surface area contributed by atoms with Crippen molar-refractivity contribution in [2.24, 2.45) is 7.05 Å². The third kappa shape index (κ3) is 4.62. The summed E-state index contributed by atoms with van der Waals surface area (Å²) in [6.07, 6.45) is 2.26. The molecular formula is C26H30ClN7O3. The molecule has 0 atom stereocenters. The largest absolute Gasteiger partial charge is 0.382 e. The highest BCUT2D eigenvalue weighted by Crippen LogP contribution is 2.27. The molecule has 10 nitrogen and oxygen atoms in total. The molecule has 0 saturated carbocycles. The minimum atomic E-state index is -0.252. The zero-order valence-corrected chi connectivity index (χ0v) is 22.2. The lowest BCUT2D eigenvalue weighted by Crippen LogP contribution is -2.37. The first-order valence-corrected chi connectivity index (χ1v) is 12.6. The van der Waals surface area contributed by atoms with Crippen molar-refractivity contribution in [1.82, 2.24) is 23.8 Å². The van der Waals surface area contributed by atoms with Gasteiger partial charge in [-0.05, 0) is 42.7 Å². The molecule has 1 aliphatic rings. The Hall–Kier alpha value is -3.63. The normalized spacial score (nSPS) is 13.9. The molecule has 4 heterocycles. The van der Waals surface area contributed by atoms with E-state index in [4.69, 9.17) is 16.3 Å². The molecule has 1 aromatic carbocycles. The molecule has 0 aliphatic carbocycles. The monoisotopic (exact) mass is 523 g/mol. The van der Waals surface area contributed by atoms with Crippen LogP contribution in [-0.2, 0) is 18.2 Å². The number of halogens is 1. The molecule has 4 aromatic rings. The predicted octanol–water partition coefficient (Wildman–Crippen LogP) is 2.74. The van der Waals surface area contributed by atoms with E-state index in [1.54, 1.807) is 33.5 Å². The highest BCUT2D eigenvalue weighted by atomic mass is 35.5. The van der Waals surface area contributed by atoms with E-state index < -0.39 is 0 Å². The highest BCUT2D eigenvalue weighted by molar-refractivity contribution is 6.29. The number of hydrogen-bond donors (Lipinski definition) is 1. The summed E-state index contributed by atoms with van der Waals surface area (Å²) in [7, 11) is 5.02. The summed E-state index contributed by atoms with van der Waals surface area (Å²) < 4.78 is 8.84. The van der Waals surface area contributed by atoms with E-state index in [2.05, 4.69) is 26.3 Å². The highest BCUT2D eigenvalue weighted by Gasteiger charge is 2.22. The lowest BCUT2D eigenvalue weighted by Gasteiger charge is -2.29. The number of ether oxygens (including phenoxy) is 1. The number of aromatic nitrogens is 4. The number of benzene rings is 1. The standard InChI is InChI=1S/C26H30ClN7O3/c1-16-13-17(7-8-28-19-5-6-20(27)30-23(19)33-9-11-37-12-10-33)22-18(14-16)25(35)32(4)24-21(26(36)31(2)3)29-15-34(22)24/h5-6,13-15,28H,7-12H2,1-4H3. The molecule has 0 bridgehead atoms. The van der Waals surface area contributed by atoms with E-state index >= 15 is 0 Å². The number of morpholine rings is 1. The fourth-order valence-electron chi connectivity index (χ4n) is 4.87. The number of imidazole rings is 1. The minimum Gasteiger partial charge on any atom is -0.382 e. The van der Waals surface area contributed by atoms with Crippen LogP contribution in [0.15, 0.2) is 35.4 Å². The lowest BCUT2D eigenvalue weighted by atomic mass is 10.0. The van der Waals surface area contributed by atoms with Crippen molar-refractivity contribution in [3.8, 4) is 0 Å². The molecule has 3 aromatic heterocycles. The van der Waals surface area contributed by atoms with Crippen molar-refractivity contribution in [1.29, 1.82) is 0 Å². The summed E-state index contributed by atoms with van der Waals surface area (Å²) in [6.45, 7) is 5.39. The summed E-state index contributed by atoms with van der Waals surface area (Å²) in [5.41, 5.74) is 4.20. The van der Waals surface area contributed by atoms with Gasteiger partial charge in [0.15, 0.2) is 17.2 Å². The van der Waals surface area contributed by atoms with Gasteiger partial charge < -0.3 is 19.9 Å². The zero-order chi connectivity index (χ0) is 26.3. The zero-order valence-electron chi connectivity index (χ0n) is 21.4. The smallest absolute Gasteiger partial charge is 0.275 e. The van der Waals surface area contributed by atoms with E-state index in [0.717, 1.165) is 41.2 Å². The van der Waals surface area contributed by atoms with Crippen LogP contribution in [-0.4, -0.2) is 76.7 Å². The van der Waals surface area contributed by atoms with Crippen molar-refractivity contribution in [3.05, 3.63) is 62.9 Å². The van der Waals surface area contributed by atoms with Crippen molar-refractivity contribution in [2.75, 3.05) is 57.2 Å². The molecule has 5 rings (SSSR count). The van der Waals surface area contributed by atoms with Gasteiger partial charge in [-0.25, -0.2) is 9.97 Å². The summed E-state index contributed by atoms with van der Waals surface area (Å²) in [5.74, 6) is 0.556. The van der Waals surface area contributed by atoms with Crippen molar-refractivity contribution in [3.63, 3.8) is 0 Å². The van der Waals surface area contributed by atoms with E-state index in [1.807, 2.05) is 23.5 Å². The number of anilines is 2. The quantitative estimate of drug-likeness (QED) is 0.388. The van der Waals surface area contributed by atoms with Crippen LogP contribution in [0.2, 0.25) is 5.15 Å². The first kappa shape index (κ1) is 25.0. The number of nitrogens with one attached hydrogen (secondary N) is 1. The Kier molecular flexibility index (Phi) is 6.78. The Morgan fingerprint density at radius 2 is 1.97 bits per heavy atom. The summed E-state index contributed by atoms with van der Waals surface area (Å²) in [6, 6.07) is 7.69. The molecule has 194 valence electrons. The van der Waals surface area contributed by atoms with Crippen molar-refractivity contribution < 1.29 is 9.53 Å². The molecule has 11 heteroatoms. The number of amides is 1. The van der Waals surface area contributed by atoms with Crippen molar-refractivity contribution >= 4 is 45.6 Å². The molecule has 0 unspecified atom stereocenters. The van der Waals surface area contributed by atoms with Gasteiger partial charge in [-0.2, -0.15) is 0 Å².